The van der Waals surface area contributed by atoms with Crippen LogP contribution in [-0.4, -0.2) is 47.7 Å². The fourth-order valence-corrected chi connectivity index (χ4v) is 3.34. The summed E-state index contributed by atoms with van der Waals surface area (Å²) in [5, 5.41) is 12.1. The van der Waals surface area contributed by atoms with Crippen molar-refractivity contribution in [3.8, 4) is 11.5 Å². The van der Waals surface area contributed by atoms with E-state index < -0.39 is 0 Å². The third kappa shape index (κ3) is 3.44. The molecule has 1 aliphatic rings. The molecule has 4 rings (SSSR count). The SMILES string of the molecule is COc1ccc2cc([C@@H]3CN(C(=O)c4ccncc4O)CCO3)ccc2c1. The van der Waals surface area contributed by atoms with E-state index in [9.17, 15) is 9.90 Å². The minimum atomic E-state index is -0.214. The van der Waals surface area contributed by atoms with Crippen LogP contribution in [0, 0.1) is 0 Å². The lowest BCUT2D eigenvalue weighted by Crippen LogP contribution is -2.42. The van der Waals surface area contributed by atoms with Gasteiger partial charge >= 0.3 is 0 Å². The molecule has 6 heteroatoms. The first-order valence-electron chi connectivity index (χ1n) is 8.77. The summed E-state index contributed by atoms with van der Waals surface area (Å²) >= 11 is 0. The highest BCUT2D eigenvalue weighted by atomic mass is 16.5. The van der Waals surface area contributed by atoms with Crippen molar-refractivity contribution in [2.75, 3.05) is 26.8 Å². The van der Waals surface area contributed by atoms with Gasteiger partial charge in [0.2, 0.25) is 0 Å². The van der Waals surface area contributed by atoms with Crippen molar-refractivity contribution in [1.29, 1.82) is 0 Å². The molecule has 6 nitrogen and oxygen atoms in total. The molecular weight excluding hydrogens is 344 g/mol. The highest BCUT2D eigenvalue weighted by Crippen LogP contribution is 2.29. The third-order valence-electron chi connectivity index (χ3n) is 4.83. The Hall–Kier alpha value is -3.12. The highest BCUT2D eigenvalue weighted by Gasteiger charge is 2.27. The second-order valence-corrected chi connectivity index (χ2v) is 6.48. The lowest BCUT2D eigenvalue weighted by molar-refractivity contribution is -0.0228. The number of hydrogen-bond acceptors (Lipinski definition) is 5. The lowest BCUT2D eigenvalue weighted by atomic mass is 10.0. The summed E-state index contributed by atoms with van der Waals surface area (Å²) in [5.74, 6) is 0.497. The van der Waals surface area contributed by atoms with E-state index in [2.05, 4.69) is 11.1 Å². The van der Waals surface area contributed by atoms with Gasteiger partial charge in [-0.2, -0.15) is 0 Å². The lowest BCUT2D eigenvalue weighted by Gasteiger charge is -2.33. The number of benzene rings is 2. The number of rotatable bonds is 3. The number of methoxy groups -OCH3 is 1. The summed E-state index contributed by atoms with van der Waals surface area (Å²) in [6, 6.07) is 13.6. The van der Waals surface area contributed by atoms with E-state index >= 15 is 0 Å². The van der Waals surface area contributed by atoms with Gasteiger partial charge in [0.1, 0.15) is 17.6 Å². The van der Waals surface area contributed by atoms with Gasteiger partial charge in [-0.25, -0.2) is 0 Å². The second-order valence-electron chi connectivity index (χ2n) is 6.48. The Balaban J connectivity index is 1.57. The number of carbonyl (C=O) groups excluding carboxylic acids is 1. The van der Waals surface area contributed by atoms with Crippen LogP contribution in [0.25, 0.3) is 10.8 Å². The van der Waals surface area contributed by atoms with Crippen LogP contribution in [-0.2, 0) is 4.74 Å². The molecule has 0 saturated carbocycles. The van der Waals surface area contributed by atoms with Crippen LogP contribution in [0.15, 0.2) is 54.9 Å². The van der Waals surface area contributed by atoms with Gasteiger partial charge in [-0.1, -0.05) is 18.2 Å². The number of carbonyl (C=O) groups is 1. The van der Waals surface area contributed by atoms with Crippen molar-refractivity contribution in [3.63, 3.8) is 0 Å². The van der Waals surface area contributed by atoms with Gasteiger partial charge in [0, 0.05) is 12.7 Å². The van der Waals surface area contributed by atoms with E-state index in [1.807, 2.05) is 30.3 Å². The summed E-state index contributed by atoms with van der Waals surface area (Å²) in [6.07, 6.45) is 2.57. The summed E-state index contributed by atoms with van der Waals surface area (Å²) in [5.41, 5.74) is 1.28. The summed E-state index contributed by atoms with van der Waals surface area (Å²) in [7, 11) is 1.65. The molecule has 2 aromatic carbocycles. The Morgan fingerprint density at radius 2 is 2.04 bits per heavy atom. The molecule has 0 spiro atoms. The Bertz CT molecular complexity index is 989. The second kappa shape index (κ2) is 7.25. The van der Waals surface area contributed by atoms with Gasteiger partial charge in [0.15, 0.2) is 0 Å². The highest BCUT2D eigenvalue weighted by molar-refractivity contribution is 5.96. The fourth-order valence-electron chi connectivity index (χ4n) is 3.34. The zero-order valence-corrected chi connectivity index (χ0v) is 15.0. The number of fused-ring (bicyclic) bond motifs is 1. The number of hydrogen-bond donors (Lipinski definition) is 1. The maximum atomic E-state index is 12.7. The van der Waals surface area contributed by atoms with E-state index in [1.165, 1.54) is 18.5 Å². The molecule has 1 amide bonds. The Morgan fingerprint density at radius 1 is 1.22 bits per heavy atom. The Morgan fingerprint density at radius 3 is 2.85 bits per heavy atom. The van der Waals surface area contributed by atoms with Crippen molar-refractivity contribution in [2.24, 2.45) is 0 Å². The first-order valence-corrected chi connectivity index (χ1v) is 8.77. The van der Waals surface area contributed by atoms with Gasteiger partial charge in [0.05, 0.1) is 32.0 Å². The van der Waals surface area contributed by atoms with Crippen molar-refractivity contribution in [2.45, 2.75) is 6.10 Å². The van der Waals surface area contributed by atoms with Crippen LogP contribution in [0.1, 0.15) is 22.0 Å². The normalized spacial score (nSPS) is 17.1. The molecule has 0 bridgehead atoms. The van der Waals surface area contributed by atoms with Crippen LogP contribution in [0.3, 0.4) is 0 Å². The van der Waals surface area contributed by atoms with E-state index in [0.29, 0.717) is 19.7 Å². The molecule has 1 atom stereocenters. The average molecular weight is 364 g/mol. The molecule has 138 valence electrons. The number of aromatic hydroxyl groups is 1. The van der Waals surface area contributed by atoms with Gasteiger partial charge in [-0.15, -0.1) is 0 Å². The first-order chi connectivity index (χ1) is 13.2. The fraction of sp³-hybridized carbons (Fsp3) is 0.238. The standard InChI is InChI=1S/C21H20N2O4/c1-26-17-5-4-14-10-16(3-2-15(14)11-17)20-13-23(8-9-27-20)21(25)18-6-7-22-12-19(18)24/h2-7,10-12,20,24H,8-9,13H2,1H3/t20-/m0/s1. The van der Waals surface area contributed by atoms with Gasteiger partial charge < -0.3 is 19.5 Å². The van der Waals surface area contributed by atoms with Crippen molar-refractivity contribution in [3.05, 3.63) is 66.0 Å². The van der Waals surface area contributed by atoms with Crippen LogP contribution in [0.2, 0.25) is 0 Å². The van der Waals surface area contributed by atoms with Crippen LogP contribution in [0.4, 0.5) is 0 Å². The maximum absolute atomic E-state index is 12.7. The minimum Gasteiger partial charge on any atom is -0.505 e. The quantitative estimate of drug-likeness (QED) is 0.773. The predicted octanol–water partition coefficient (Wildman–Crippen LogP) is 3.16. The summed E-state index contributed by atoms with van der Waals surface area (Å²) < 4.78 is 11.2. The molecule has 0 aliphatic carbocycles. The van der Waals surface area contributed by atoms with Crippen LogP contribution in [0.5, 0.6) is 11.5 Å². The summed E-state index contributed by atoms with van der Waals surface area (Å²) in [4.78, 5) is 18.3. The molecule has 1 N–H and O–H groups in total. The van der Waals surface area contributed by atoms with Crippen LogP contribution < -0.4 is 4.74 Å². The largest absolute Gasteiger partial charge is 0.505 e. The minimum absolute atomic E-state index is 0.106. The molecule has 0 radical (unpaired) electrons. The third-order valence-corrected chi connectivity index (χ3v) is 4.83. The number of amides is 1. The molecule has 1 aromatic heterocycles. The van der Waals surface area contributed by atoms with Crippen LogP contribution >= 0.6 is 0 Å². The molecule has 1 aliphatic heterocycles. The van der Waals surface area contributed by atoms with Gasteiger partial charge in [-0.05, 0) is 40.6 Å². The number of pyridine rings is 1. The number of morpholine rings is 1. The topological polar surface area (TPSA) is 71.9 Å². The van der Waals surface area contributed by atoms with Gasteiger partial charge in [-0.3, -0.25) is 9.78 Å². The van der Waals surface area contributed by atoms with E-state index in [-0.39, 0.29) is 23.3 Å². The van der Waals surface area contributed by atoms with Crippen molar-refractivity contribution >= 4 is 16.7 Å². The number of ether oxygens (including phenoxy) is 2. The Labute approximate surface area is 157 Å². The van der Waals surface area contributed by atoms with Gasteiger partial charge in [0.25, 0.3) is 5.91 Å². The number of nitrogens with zero attached hydrogens (tertiary/aromatic N) is 2. The van der Waals surface area contributed by atoms with Crippen molar-refractivity contribution < 1.29 is 19.4 Å². The predicted molar refractivity (Wildman–Crippen MR) is 101 cm³/mol. The first kappa shape index (κ1) is 17.3. The zero-order valence-electron chi connectivity index (χ0n) is 15.0. The Kier molecular flexibility index (Phi) is 4.64. The smallest absolute Gasteiger partial charge is 0.257 e. The molecule has 2 heterocycles. The average Bonchev–Trinajstić information content (AvgIpc) is 2.73. The molecular formula is C21H20N2O4. The van der Waals surface area contributed by atoms with Crippen molar-refractivity contribution in [1.82, 2.24) is 9.88 Å². The van der Waals surface area contributed by atoms with E-state index in [4.69, 9.17) is 9.47 Å². The maximum Gasteiger partial charge on any atom is 0.257 e. The summed E-state index contributed by atoms with van der Waals surface area (Å²) in [6.45, 7) is 1.37. The molecule has 0 unspecified atom stereocenters. The number of aromatic nitrogens is 1. The monoisotopic (exact) mass is 364 g/mol. The molecule has 27 heavy (non-hydrogen) atoms. The zero-order chi connectivity index (χ0) is 18.8. The molecule has 3 aromatic rings. The molecule has 1 saturated heterocycles. The van der Waals surface area contributed by atoms with E-state index in [1.54, 1.807) is 12.0 Å². The van der Waals surface area contributed by atoms with E-state index in [0.717, 1.165) is 22.1 Å². The molecule has 1 fully saturated rings.